The minimum Gasteiger partial charge on any atom is -0.309 e. The third-order valence-electron chi connectivity index (χ3n) is 3.46. The minimum absolute atomic E-state index is 0.0931. The zero-order chi connectivity index (χ0) is 15.2. The van der Waals surface area contributed by atoms with Gasteiger partial charge in [-0.15, -0.1) is 0 Å². The lowest BCUT2D eigenvalue weighted by Gasteiger charge is -2.08. The minimum atomic E-state index is -0.467. The maximum atomic E-state index is 13.2. The SMILES string of the molecule is CC(C)c1ccc(CNCc2ccc(F)c(C#N)c2)cc1. The van der Waals surface area contributed by atoms with Crippen LogP contribution < -0.4 is 5.32 Å². The van der Waals surface area contributed by atoms with Crippen LogP contribution in [-0.2, 0) is 13.1 Å². The van der Waals surface area contributed by atoms with Gasteiger partial charge in [-0.1, -0.05) is 44.2 Å². The second-order valence-corrected chi connectivity index (χ2v) is 5.43. The van der Waals surface area contributed by atoms with Crippen LogP contribution in [0.15, 0.2) is 42.5 Å². The van der Waals surface area contributed by atoms with Crippen LogP contribution >= 0.6 is 0 Å². The summed E-state index contributed by atoms with van der Waals surface area (Å²) in [6, 6.07) is 15.0. The molecular formula is C18H19FN2. The summed E-state index contributed by atoms with van der Waals surface area (Å²) in [5.74, 6) is 0.0705. The number of nitriles is 1. The number of rotatable bonds is 5. The molecule has 0 atom stereocenters. The van der Waals surface area contributed by atoms with E-state index in [-0.39, 0.29) is 5.56 Å². The summed E-state index contributed by atoms with van der Waals surface area (Å²) in [5.41, 5.74) is 3.54. The Morgan fingerprint density at radius 1 is 1.05 bits per heavy atom. The predicted molar refractivity (Wildman–Crippen MR) is 82.2 cm³/mol. The van der Waals surface area contributed by atoms with E-state index in [2.05, 4.69) is 43.4 Å². The molecular weight excluding hydrogens is 263 g/mol. The lowest BCUT2D eigenvalue weighted by molar-refractivity contribution is 0.621. The summed E-state index contributed by atoms with van der Waals surface area (Å²) >= 11 is 0. The number of hydrogen-bond acceptors (Lipinski definition) is 2. The summed E-state index contributed by atoms with van der Waals surface area (Å²) in [4.78, 5) is 0. The molecule has 0 fully saturated rings. The van der Waals surface area contributed by atoms with E-state index in [9.17, 15) is 4.39 Å². The summed E-state index contributed by atoms with van der Waals surface area (Å²) in [6.07, 6.45) is 0. The second kappa shape index (κ2) is 7.01. The summed E-state index contributed by atoms with van der Waals surface area (Å²) in [6.45, 7) is 5.71. The van der Waals surface area contributed by atoms with Crippen molar-refractivity contribution in [1.82, 2.24) is 5.32 Å². The van der Waals surface area contributed by atoms with Gasteiger partial charge in [-0.25, -0.2) is 4.39 Å². The van der Waals surface area contributed by atoms with Crippen molar-refractivity contribution in [2.24, 2.45) is 0 Å². The van der Waals surface area contributed by atoms with Crippen molar-refractivity contribution < 1.29 is 4.39 Å². The number of hydrogen-bond donors (Lipinski definition) is 1. The molecule has 0 aliphatic rings. The highest BCUT2D eigenvalue weighted by atomic mass is 19.1. The number of nitrogens with one attached hydrogen (secondary N) is 1. The normalized spacial score (nSPS) is 10.6. The quantitative estimate of drug-likeness (QED) is 0.895. The van der Waals surface area contributed by atoms with Crippen LogP contribution in [-0.4, -0.2) is 0 Å². The van der Waals surface area contributed by atoms with Crippen LogP contribution in [0.1, 0.15) is 42.0 Å². The van der Waals surface area contributed by atoms with Gasteiger partial charge in [0.05, 0.1) is 5.56 Å². The number of benzene rings is 2. The zero-order valence-electron chi connectivity index (χ0n) is 12.4. The van der Waals surface area contributed by atoms with Crippen LogP contribution in [0.3, 0.4) is 0 Å². The first-order chi connectivity index (χ1) is 10.1. The van der Waals surface area contributed by atoms with Gasteiger partial charge in [0.15, 0.2) is 0 Å². The van der Waals surface area contributed by atoms with Crippen LogP contribution in [0.25, 0.3) is 0 Å². The molecule has 0 radical (unpaired) electrons. The van der Waals surface area contributed by atoms with Crippen LogP contribution in [0, 0.1) is 17.1 Å². The van der Waals surface area contributed by atoms with Gasteiger partial charge in [0.1, 0.15) is 11.9 Å². The molecule has 0 bridgehead atoms. The standard InChI is InChI=1S/C18H19FN2/c1-13(2)16-6-3-14(4-7-16)11-21-12-15-5-8-18(19)17(9-15)10-20/h3-9,13,21H,11-12H2,1-2H3. The van der Waals surface area contributed by atoms with Crippen molar-refractivity contribution in [3.63, 3.8) is 0 Å². The summed E-state index contributed by atoms with van der Waals surface area (Å²) in [5, 5.41) is 12.1. The molecule has 0 spiro atoms. The Hall–Kier alpha value is -2.18. The number of halogens is 1. The van der Waals surface area contributed by atoms with E-state index < -0.39 is 5.82 Å². The van der Waals surface area contributed by atoms with Gasteiger partial charge in [0.25, 0.3) is 0 Å². The van der Waals surface area contributed by atoms with Crippen LogP contribution in [0.2, 0.25) is 0 Å². The first kappa shape index (κ1) is 15.2. The predicted octanol–water partition coefficient (Wildman–Crippen LogP) is 4.11. The highest BCUT2D eigenvalue weighted by molar-refractivity contribution is 5.34. The van der Waals surface area contributed by atoms with Crippen molar-refractivity contribution >= 4 is 0 Å². The largest absolute Gasteiger partial charge is 0.309 e. The first-order valence-corrected chi connectivity index (χ1v) is 7.08. The Balaban J connectivity index is 1.91. The van der Waals surface area contributed by atoms with Gasteiger partial charge in [-0.3, -0.25) is 0 Å². The third-order valence-corrected chi connectivity index (χ3v) is 3.46. The smallest absolute Gasteiger partial charge is 0.140 e. The Bertz CT molecular complexity index is 639. The molecule has 1 N–H and O–H groups in total. The maximum Gasteiger partial charge on any atom is 0.140 e. The molecule has 21 heavy (non-hydrogen) atoms. The molecule has 0 aliphatic carbocycles. The van der Waals surface area contributed by atoms with E-state index in [0.717, 1.165) is 12.1 Å². The lowest BCUT2D eigenvalue weighted by atomic mass is 10.0. The molecule has 0 saturated carbocycles. The Morgan fingerprint density at radius 3 is 2.29 bits per heavy atom. The van der Waals surface area contributed by atoms with Gasteiger partial charge in [-0.05, 0) is 34.7 Å². The molecule has 0 saturated heterocycles. The van der Waals surface area contributed by atoms with Crippen molar-refractivity contribution in [3.8, 4) is 6.07 Å². The highest BCUT2D eigenvalue weighted by Crippen LogP contribution is 2.15. The molecule has 2 rings (SSSR count). The highest BCUT2D eigenvalue weighted by Gasteiger charge is 2.03. The van der Waals surface area contributed by atoms with E-state index in [0.29, 0.717) is 12.5 Å². The Morgan fingerprint density at radius 2 is 1.67 bits per heavy atom. The Kier molecular flexibility index (Phi) is 5.08. The fraction of sp³-hybridized carbons (Fsp3) is 0.278. The Labute approximate surface area is 125 Å². The summed E-state index contributed by atoms with van der Waals surface area (Å²) in [7, 11) is 0. The average molecular weight is 282 g/mol. The van der Waals surface area contributed by atoms with Crippen LogP contribution in [0.5, 0.6) is 0 Å². The van der Waals surface area contributed by atoms with Crippen molar-refractivity contribution in [2.45, 2.75) is 32.9 Å². The van der Waals surface area contributed by atoms with Gasteiger partial charge >= 0.3 is 0 Å². The monoisotopic (exact) mass is 282 g/mol. The van der Waals surface area contributed by atoms with Crippen molar-refractivity contribution in [3.05, 3.63) is 70.5 Å². The molecule has 108 valence electrons. The topological polar surface area (TPSA) is 35.8 Å². The van der Waals surface area contributed by atoms with Gasteiger partial charge < -0.3 is 5.32 Å². The third kappa shape index (κ3) is 4.14. The summed E-state index contributed by atoms with van der Waals surface area (Å²) < 4.78 is 13.2. The van der Waals surface area contributed by atoms with Crippen molar-refractivity contribution in [2.75, 3.05) is 0 Å². The van der Waals surface area contributed by atoms with E-state index in [1.165, 1.54) is 17.2 Å². The maximum absolute atomic E-state index is 13.2. The van der Waals surface area contributed by atoms with Gasteiger partial charge in [0, 0.05) is 13.1 Å². The molecule has 0 amide bonds. The average Bonchev–Trinajstić information content (AvgIpc) is 2.49. The molecule has 2 nitrogen and oxygen atoms in total. The van der Waals surface area contributed by atoms with E-state index >= 15 is 0 Å². The zero-order valence-corrected chi connectivity index (χ0v) is 12.4. The number of nitrogens with zero attached hydrogens (tertiary/aromatic N) is 1. The molecule has 3 heteroatoms. The van der Waals surface area contributed by atoms with E-state index in [4.69, 9.17) is 5.26 Å². The molecule has 0 aromatic heterocycles. The fourth-order valence-electron chi connectivity index (χ4n) is 2.14. The molecule has 0 unspecified atom stereocenters. The van der Waals surface area contributed by atoms with Crippen molar-refractivity contribution in [1.29, 1.82) is 5.26 Å². The van der Waals surface area contributed by atoms with Crippen LogP contribution in [0.4, 0.5) is 4.39 Å². The molecule has 0 aliphatic heterocycles. The molecule has 2 aromatic carbocycles. The van der Waals surface area contributed by atoms with E-state index in [1.54, 1.807) is 12.1 Å². The second-order valence-electron chi connectivity index (χ2n) is 5.43. The lowest BCUT2D eigenvalue weighted by Crippen LogP contribution is -2.13. The van der Waals surface area contributed by atoms with Gasteiger partial charge in [0.2, 0.25) is 0 Å². The molecule has 2 aromatic rings. The first-order valence-electron chi connectivity index (χ1n) is 7.08. The van der Waals surface area contributed by atoms with E-state index in [1.807, 2.05) is 6.07 Å². The van der Waals surface area contributed by atoms with Gasteiger partial charge in [-0.2, -0.15) is 5.26 Å². The fourth-order valence-corrected chi connectivity index (χ4v) is 2.14. The molecule has 0 heterocycles.